The standard InChI is InChI=1S/C19H30N4O3/c1-4-26-16(2)14-20-19(25)23-12-10-22(11-13-23)15-18(24)21(3)17-8-6-5-7-9-17/h5-9,16H,4,10-15H2,1-3H3,(H,20,25)/t16-/m1/s1. The van der Waals surface area contributed by atoms with Gasteiger partial charge in [0.25, 0.3) is 0 Å². The van der Waals surface area contributed by atoms with E-state index in [4.69, 9.17) is 4.74 Å². The number of ether oxygens (including phenoxy) is 1. The van der Waals surface area contributed by atoms with E-state index in [-0.39, 0.29) is 18.0 Å². The predicted octanol–water partition coefficient (Wildman–Crippen LogP) is 1.40. The molecule has 3 amide bonds. The summed E-state index contributed by atoms with van der Waals surface area (Å²) < 4.78 is 5.42. The summed E-state index contributed by atoms with van der Waals surface area (Å²) in [6, 6.07) is 9.55. The number of benzene rings is 1. The Morgan fingerprint density at radius 1 is 1.19 bits per heavy atom. The summed E-state index contributed by atoms with van der Waals surface area (Å²) in [5.74, 6) is 0.0552. The molecule has 1 aromatic carbocycles. The fourth-order valence-corrected chi connectivity index (χ4v) is 2.89. The molecule has 26 heavy (non-hydrogen) atoms. The molecule has 0 saturated carbocycles. The number of para-hydroxylation sites is 1. The van der Waals surface area contributed by atoms with E-state index in [1.54, 1.807) is 16.8 Å². The molecular formula is C19H30N4O3. The maximum absolute atomic E-state index is 12.4. The Balaban J connectivity index is 1.72. The van der Waals surface area contributed by atoms with E-state index in [1.165, 1.54) is 0 Å². The first-order chi connectivity index (χ1) is 12.5. The Kier molecular flexibility index (Phi) is 7.87. The van der Waals surface area contributed by atoms with Gasteiger partial charge in [0.1, 0.15) is 0 Å². The van der Waals surface area contributed by atoms with Gasteiger partial charge in [0.15, 0.2) is 0 Å². The number of rotatable bonds is 7. The van der Waals surface area contributed by atoms with Gasteiger partial charge in [0.2, 0.25) is 5.91 Å². The topological polar surface area (TPSA) is 65.1 Å². The minimum Gasteiger partial charge on any atom is -0.377 e. The number of hydrogen-bond acceptors (Lipinski definition) is 4. The summed E-state index contributed by atoms with van der Waals surface area (Å²) >= 11 is 0. The molecule has 1 aliphatic rings. The fraction of sp³-hybridized carbons (Fsp3) is 0.579. The van der Waals surface area contributed by atoms with Gasteiger partial charge in [0, 0.05) is 52.1 Å². The largest absolute Gasteiger partial charge is 0.377 e. The first-order valence-electron chi connectivity index (χ1n) is 9.19. The summed E-state index contributed by atoms with van der Waals surface area (Å²) in [6.07, 6.45) is 0.0105. The first-order valence-corrected chi connectivity index (χ1v) is 9.19. The minimum absolute atomic E-state index is 0.0105. The lowest BCUT2D eigenvalue weighted by atomic mass is 10.2. The van der Waals surface area contributed by atoms with Crippen LogP contribution in [-0.2, 0) is 9.53 Å². The van der Waals surface area contributed by atoms with Gasteiger partial charge in [-0.3, -0.25) is 9.69 Å². The minimum atomic E-state index is -0.0658. The number of nitrogens with zero attached hydrogens (tertiary/aromatic N) is 3. The molecule has 1 aliphatic heterocycles. The maximum atomic E-state index is 12.4. The monoisotopic (exact) mass is 362 g/mol. The molecule has 0 unspecified atom stereocenters. The van der Waals surface area contributed by atoms with E-state index in [1.807, 2.05) is 44.2 Å². The third kappa shape index (κ3) is 6.00. The van der Waals surface area contributed by atoms with Crippen molar-refractivity contribution in [3.05, 3.63) is 30.3 Å². The van der Waals surface area contributed by atoms with E-state index in [0.717, 1.165) is 5.69 Å². The van der Waals surface area contributed by atoms with Gasteiger partial charge < -0.3 is 19.9 Å². The molecule has 2 rings (SSSR count). The van der Waals surface area contributed by atoms with Crippen molar-refractivity contribution in [1.82, 2.24) is 15.1 Å². The molecule has 144 valence electrons. The SMILES string of the molecule is CCO[C@H](C)CNC(=O)N1CCN(CC(=O)N(C)c2ccccc2)CC1. The van der Waals surface area contributed by atoms with E-state index in [0.29, 0.717) is 45.9 Å². The average Bonchev–Trinajstić information content (AvgIpc) is 2.67. The van der Waals surface area contributed by atoms with Crippen LogP contribution >= 0.6 is 0 Å². The second kappa shape index (κ2) is 10.1. The molecular weight excluding hydrogens is 332 g/mol. The van der Waals surface area contributed by atoms with Crippen molar-refractivity contribution in [1.29, 1.82) is 0 Å². The number of piperazine rings is 1. The molecule has 1 heterocycles. The first kappa shape index (κ1) is 20.2. The summed E-state index contributed by atoms with van der Waals surface area (Å²) in [5.41, 5.74) is 0.888. The highest BCUT2D eigenvalue weighted by Crippen LogP contribution is 2.12. The molecule has 0 radical (unpaired) electrons. The van der Waals surface area contributed by atoms with Crippen LogP contribution in [0.25, 0.3) is 0 Å². The highest BCUT2D eigenvalue weighted by molar-refractivity contribution is 5.94. The lowest BCUT2D eigenvalue weighted by molar-refractivity contribution is -0.119. The molecule has 1 N–H and O–H groups in total. The lowest BCUT2D eigenvalue weighted by Crippen LogP contribution is -2.54. The summed E-state index contributed by atoms with van der Waals surface area (Å²) in [4.78, 5) is 30.2. The second-order valence-electron chi connectivity index (χ2n) is 6.50. The van der Waals surface area contributed by atoms with Crippen LogP contribution in [0.2, 0.25) is 0 Å². The van der Waals surface area contributed by atoms with Gasteiger partial charge in [-0.2, -0.15) is 0 Å². The van der Waals surface area contributed by atoms with E-state index in [2.05, 4.69) is 10.2 Å². The molecule has 0 bridgehead atoms. The smallest absolute Gasteiger partial charge is 0.317 e. The van der Waals surface area contributed by atoms with Gasteiger partial charge >= 0.3 is 6.03 Å². The molecule has 0 aliphatic carbocycles. The van der Waals surface area contributed by atoms with Gasteiger partial charge in [-0.1, -0.05) is 18.2 Å². The summed E-state index contributed by atoms with van der Waals surface area (Å²) in [6.45, 7) is 8.03. The van der Waals surface area contributed by atoms with E-state index in [9.17, 15) is 9.59 Å². The molecule has 1 saturated heterocycles. The summed E-state index contributed by atoms with van der Waals surface area (Å²) in [7, 11) is 1.79. The third-order valence-electron chi connectivity index (χ3n) is 4.53. The van der Waals surface area contributed by atoms with Gasteiger partial charge in [-0.15, -0.1) is 0 Å². The number of hydrogen-bond donors (Lipinski definition) is 1. The van der Waals surface area contributed by atoms with Crippen molar-refractivity contribution in [3.63, 3.8) is 0 Å². The molecule has 1 aromatic rings. The normalized spacial score (nSPS) is 16.2. The molecule has 0 aromatic heterocycles. The van der Waals surface area contributed by atoms with Gasteiger partial charge in [-0.25, -0.2) is 4.79 Å². The van der Waals surface area contributed by atoms with Crippen LogP contribution in [0.5, 0.6) is 0 Å². The Morgan fingerprint density at radius 2 is 1.85 bits per heavy atom. The molecule has 1 atom stereocenters. The predicted molar refractivity (Wildman–Crippen MR) is 102 cm³/mol. The highest BCUT2D eigenvalue weighted by atomic mass is 16.5. The Bertz CT molecular complexity index is 573. The Labute approximate surface area is 155 Å². The zero-order valence-electron chi connectivity index (χ0n) is 16.0. The molecule has 1 fully saturated rings. The highest BCUT2D eigenvalue weighted by Gasteiger charge is 2.23. The Hall–Kier alpha value is -2.12. The van der Waals surface area contributed by atoms with Crippen LogP contribution in [0.1, 0.15) is 13.8 Å². The van der Waals surface area contributed by atoms with Crippen LogP contribution in [0.4, 0.5) is 10.5 Å². The second-order valence-corrected chi connectivity index (χ2v) is 6.50. The number of likely N-dealkylation sites (N-methyl/N-ethyl adjacent to an activating group) is 1. The fourth-order valence-electron chi connectivity index (χ4n) is 2.89. The van der Waals surface area contributed by atoms with Crippen LogP contribution in [-0.4, -0.2) is 80.8 Å². The third-order valence-corrected chi connectivity index (χ3v) is 4.53. The number of urea groups is 1. The number of anilines is 1. The van der Waals surface area contributed by atoms with Crippen LogP contribution in [0, 0.1) is 0 Å². The van der Waals surface area contributed by atoms with Gasteiger partial charge in [-0.05, 0) is 26.0 Å². The molecule has 7 heteroatoms. The zero-order valence-corrected chi connectivity index (χ0v) is 16.0. The number of carbonyl (C=O) groups excluding carboxylic acids is 2. The van der Waals surface area contributed by atoms with Crippen molar-refractivity contribution >= 4 is 17.6 Å². The van der Waals surface area contributed by atoms with Crippen molar-refractivity contribution in [2.24, 2.45) is 0 Å². The lowest BCUT2D eigenvalue weighted by Gasteiger charge is -2.35. The van der Waals surface area contributed by atoms with Crippen molar-refractivity contribution < 1.29 is 14.3 Å². The van der Waals surface area contributed by atoms with E-state index >= 15 is 0 Å². The average molecular weight is 362 g/mol. The van der Waals surface area contributed by atoms with Crippen molar-refractivity contribution in [3.8, 4) is 0 Å². The van der Waals surface area contributed by atoms with E-state index < -0.39 is 0 Å². The number of amides is 3. The molecule has 0 spiro atoms. The zero-order chi connectivity index (χ0) is 18.9. The summed E-state index contributed by atoms with van der Waals surface area (Å²) in [5, 5.41) is 2.90. The van der Waals surface area contributed by atoms with Gasteiger partial charge in [0.05, 0.1) is 12.6 Å². The quantitative estimate of drug-likeness (QED) is 0.796. The number of carbonyl (C=O) groups is 2. The van der Waals surface area contributed by atoms with Crippen LogP contribution in [0.3, 0.4) is 0 Å². The van der Waals surface area contributed by atoms with Crippen molar-refractivity contribution in [2.75, 3.05) is 57.8 Å². The van der Waals surface area contributed by atoms with Crippen LogP contribution in [0.15, 0.2) is 30.3 Å². The van der Waals surface area contributed by atoms with Crippen molar-refractivity contribution in [2.45, 2.75) is 20.0 Å². The maximum Gasteiger partial charge on any atom is 0.317 e. The number of nitrogens with one attached hydrogen (secondary N) is 1. The Morgan fingerprint density at radius 3 is 2.46 bits per heavy atom. The van der Waals surface area contributed by atoms with Crippen LogP contribution < -0.4 is 10.2 Å². The molecule has 7 nitrogen and oxygen atoms in total.